The fourth-order valence-electron chi connectivity index (χ4n) is 7.73. The van der Waals surface area contributed by atoms with E-state index in [9.17, 15) is 0 Å². The molecule has 0 spiro atoms. The number of benzene rings is 7. The molecule has 1 aliphatic carbocycles. The standard InChI is InChI=1S/C31H25N2.C19H12NS.Ir/c1-19-10-9-11-20(2)28(19)29-23-13-6-8-15-27(23)32-30(33-29)21-16-17-26-24(18-21)22-12-5-7-14-25(22)31(26,3)4;1-2-7-14(8-3-1)15-9-6-10-16(13-15)19-20-17-11-4-5-12-18(17)21-19;/h5-15,17-18H,1-4H3;1-9,11-13H;/q2*-1;. The van der Waals surface area contributed by atoms with E-state index in [1.165, 1.54) is 54.8 Å². The average Bonchev–Trinajstić information content (AvgIpc) is 3.75. The molecular weight excluding hydrogens is 867 g/mol. The van der Waals surface area contributed by atoms with Crippen LogP contribution in [-0.4, -0.2) is 15.0 Å². The minimum atomic E-state index is -0.0331. The van der Waals surface area contributed by atoms with Gasteiger partial charge in [-0.25, -0.2) is 0 Å². The van der Waals surface area contributed by atoms with Crippen molar-refractivity contribution in [2.24, 2.45) is 0 Å². The number of hydrogen-bond donors (Lipinski definition) is 0. The van der Waals surface area contributed by atoms with Crippen LogP contribution in [0.25, 0.3) is 76.6 Å². The van der Waals surface area contributed by atoms with E-state index in [0.717, 1.165) is 44.1 Å². The predicted molar refractivity (Wildman–Crippen MR) is 226 cm³/mol. The molecule has 0 aliphatic heterocycles. The van der Waals surface area contributed by atoms with Crippen molar-refractivity contribution < 1.29 is 20.1 Å². The minimum absolute atomic E-state index is 0. The van der Waals surface area contributed by atoms with Crippen molar-refractivity contribution in [3.8, 4) is 55.5 Å². The van der Waals surface area contributed by atoms with Crippen LogP contribution in [-0.2, 0) is 25.5 Å². The molecule has 0 atom stereocenters. The van der Waals surface area contributed by atoms with E-state index in [4.69, 9.17) is 15.0 Å². The molecule has 7 aromatic carbocycles. The van der Waals surface area contributed by atoms with Crippen LogP contribution in [0.4, 0.5) is 0 Å². The minimum Gasteiger partial charge on any atom is -0.285 e. The Bertz CT molecular complexity index is 2790. The number of hydrogen-bond acceptors (Lipinski definition) is 4. The number of rotatable bonds is 4. The maximum absolute atomic E-state index is 5.14. The normalized spacial score (nSPS) is 12.4. The molecule has 0 unspecified atom stereocenters. The van der Waals surface area contributed by atoms with E-state index in [-0.39, 0.29) is 25.5 Å². The Morgan fingerprint density at radius 3 is 2.07 bits per heavy atom. The van der Waals surface area contributed by atoms with Gasteiger partial charge in [0.15, 0.2) is 0 Å². The largest absolute Gasteiger partial charge is 0.285 e. The Balaban J connectivity index is 0.000000168. The van der Waals surface area contributed by atoms with Crippen LogP contribution in [0, 0.1) is 26.0 Å². The summed E-state index contributed by atoms with van der Waals surface area (Å²) in [6.45, 7) is 8.88. The van der Waals surface area contributed by atoms with Gasteiger partial charge in [0.2, 0.25) is 0 Å². The monoisotopic (exact) mass is 904 g/mol. The summed E-state index contributed by atoms with van der Waals surface area (Å²) in [5, 5.41) is 2.10. The molecule has 3 nitrogen and oxygen atoms in total. The van der Waals surface area contributed by atoms with Gasteiger partial charge in [-0.2, -0.15) is 11.3 Å². The summed E-state index contributed by atoms with van der Waals surface area (Å²) in [7, 11) is 0. The van der Waals surface area contributed by atoms with Crippen molar-refractivity contribution in [3.05, 3.63) is 186 Å². The SMILES string of the molecule is Cc1cccc(C)c1-c1nc(-c2[c-]cc3c(c2)-c2ccccc2C3(C)C)nc2ccccc12.[Ir].[c-]1ccc(-c2ccccc2)cc1-c1nc2ccccc2s1. The van der Waals surface area contributed by atoms with Gasteiger partial charge in [0.05, 0.1) is 22.6 Å². The summed E-state index contributed by atoms with van der Waals surface area (Å²) >= 11 is 1.71. The molecule has 0 fully saturated rings. The fraction of sp³-hybridized carbons (Fsp3) is 0.100. The number of aromatic nitrogens is 3. The smallest absolute Gasteiger partial charge is 0.0763 e. The van der Waals surface area contributed by atoms with Gasteiger partial charge in [0, 0.05) is 40.8 Å². The summed E-state index contributed by atoms with van der Waals surface area (Å²) in [6, 6.07) is 59.4. The molecule has 0 saturated carbocycles. The molecule has 1 radical (unpaired) electrons. The molecular formula is C50H37IrN3S-2. The number of thiazole rings is 1. The first-order valence-electron chi connectivity index (χ1n) is 18.3. The molecule has 55 heavy (non-hydrogen) atoms. The molecule has 10 rings (SSSR count). The van der Waals surface area contributed by atoms with Crippen LogP contribution < -0.4 is 0 Å². The van der Waals surface area contributed by atoms with Crippen LogP contribution >= 0.6 is 11.3 Å². The molecule has 9 aromatic rings. The first-order valence-corrected chi connectivity index (χ1v) is 19.1. The molecule has 2 heterocycles. The summed E-state index contributed by atoms with van der Waals surface area (Å²) in [4.78, 5) is 14.8. The van der Waals surface area contributed by atoms with Crippen LogP contribution in [0.3, 0.4) is 0 Å². The second kappa shape index (κ2) is 14.9. The van der Waals surface area contributed by atoms with E-state index < -0.39 is 0 Å². The Morgan fingerprint density at radius 2 is 1.27 bits per heavy atom. The third-order valence-electron chi connectivity index (χ3n) is 10.5. The zero-order valence-electron chi connectivity index (χ0n) is 31.0. The number of nitrogens with zero attached hydrogens (tertiary/aromatic N) is 3. The average molecular weight is 904 g/mol. The number of fused-ring (bicyclic) bond motifs is 5. The van der Waals surface area contributed by atoms with E-state index in [0.29, 0.717) is 0 Å². The second-order valence-corrected chi connectivity index (χ2v) is 15.4. The molecule has 2 aromatic heterocycles. The van der Waals surface area contributed by atoms with Crippen LogP contribution in [0.2, 0.25) is 0 Å². The summed E-state index contributed by atoms with van der Waals surface area (Å²) < 4.78 is 1.21. The Morgan fingerprint density at radius 1 is 0.564 bits per heavy atom. The van der Waals surface area contributed by atoms with Crippen molar-refractivity contribution in [2.75, 3.05) is 0 Å². The van der Waals surface area contributed by atoms with E-state index in [1.54, 1.807) is 11.3 Å². The Hall–Kier alpha value is -5.58. The predicted octanol–water partition coefficient (Wildman–Crippen LogP) is 13.1. The van der Waals surface area contributed by atoms with Gasteiger partial charge in [0.25, 0.3) is 0 Å². The van der Waals surface area contributed by atoms with Crippen LogP contribution in [0.1, 0.15) is 36.1 Å². The zero-order chi connectivity index (χ0) is 36.8. The topological polar surface area (TPSA) is 38.7 Å². The first kappa shape index (κ1) is 36.4. The van der Waals surface area contributed by atoms with Gasteiger partial charge in [-0.15, -0.1) is 64.7 Å². The van der Waals surface area contributed by atoms with E-state index in [2.05, 4.69) is 161 Å². The van der Waals surface area contributed by atoms with Crippen molar-refractivity contribution in [3.63, 3.8) is 0 Å². The summed E-state index contributed by atoms with van der Waals surface area (Å²) in [6.07, 6.45) is 0. The zero-order valence-corrected chi connectivity index (χ0v) is 34.2. The van der Waals surface area contributed by atoms with Crippen molar-refractivity contribution in [2.45, 2.75) is 33.1 Å². The summed E-state index contributed by atoms with van der Waals surface area (Å²) in [5.74, 6) is 0.719. The fourth-order valence-corrected chi connectivity index (χ4v) is 8.68. The molecule has 0 amide bonds. The third-order valence-corrected chi connectivity index (χ3v) is 11.6. The molecule has 0 N–H and O–H groups in total. The third kappa shape index (κ3) is 6.74. The van der Waals surface area contributed by atoms with Gasteiger partial charge >= 0.3 is 0 Å². The number of para-hydroxylation sites is 2. The maximum Gasteiger partial charge on any atom is 0.0763 e. The molecule has 269 valence electrons. The first-order chi connectivity index (χ1) is 26.3. The Kier molecular flexibility index (Phi) is 9.87. The molecule has 5 heteroatoms. The molecule has 0 saturated heterocycles. The van der Waals surface area contributed by atoms with Crippen LogP contribution in [0.15, 0.2) is 152 Å². The molecule has 0 bridgehead atoms. The second-order valence-electron chi connectivity index (χ2n) is 14.4. The number of aryl methyl sites for hydroxylation is 2. The van der Waals surface area contributed by atoms with Gasteiger partial charge in [-0.1, -0.05) is 123 Å². The van der Waals surface area contributed by atoms with Crippen LogP contribution in [0.5, 0.6) is 0 Å². The Labute approximate surface area is 340 Å². The van der Waals surface area contributed by atoms with Crippen molar-refractivity contribution in [1.82, 2.24) is 15.0 Å². The van der Waals surface area contributed by atoms with Gasteiger partial charge in [0.1, 0.15) is 0 Å². The van der Waals surface area contributed by atoms with Gasteiger partial charge in [-0.05, 0) is 65.3 Å². The van der Waals surface area contributed by atoms with Gasteiger partial charge in [-0.3, -0.25) is 15.0 Å². The van der Waals surface area contributed by atoms with E-state index >= 15 is 0 Å². The van der Waals surface area contributed by atoms with Crippen molar-refractivity contribution >= 4 is 32.5 Å². The summed E-state index contributed by atoms with van der Waals surface area (Å²) in [5.41, 5.74) is 16.2. The quantitative estimate of drug-likeness (QED) is 0.165. The molecule has 1 aliphatic rings. The van der Waals surface area contributed by atoms with E-state index in [1.807, 2.05) is 30.3 Å². The van der Waals surface area contributed by atoms with Gasteiger partial charge < -0.3 is 0 Å². The maximum atomic E-state index is 5.14. The van der Waals surface area contributed by atoms with Crippen molar-refractivity contribution in [1.29, 1.82) is 0 Å².